The Morgan fingerprint density at radius 1 is 1.57 bits per heavy atom. The number of nitrogens with zero attached hydrogens (tertiary/aromatic N) is 1. The highest BCUT2D eigenvalue weighted by Gasteiger charge is 2.25. The van der Waals surface area contributed by atoms with Crippen LogP contribution in [0.25, 0.3) is 0 Å². The number of aliphatic carboxylic acids is 1. The van der Waals surface area contributed by atoms with Crippen molar-refractivity contribution in [1.82, 2.24) is 4.90 Å². The highest BCUT2D eigenvalue weighted by Crippen LogP contribution is 2.08. The summed E-state index contributed by atoms with van der Waals surface area (Å²) in [6.45, 7) is 4.37. The molecular weight excluding hydrogens is 182 g/mol. The van der Waals surface area contributed by atoms with E-state index in [1.165, 1.54) is 7.11 Å². The Morgan fingerprint density at radius 3 is 2.50 bits per heavy atom. The molecule has 4 nitrogen and oxygen atoms in total. The molecule has 0 radical (unpaired) electrons. The Hall–Kier alpha value is -0.610. The Kier molecular flexibility index (Phi) is 6.49. The Morgan fingerprint density at radius 2 is 2.14 bits per heavy atom. The number of methoxy groups -OCH3 is 1. The van der Waals surface area contributed by atoms with Crippen molar-refractivity contribution in [3.05, 3.63) is 0 Å². The highest BCUT2D eigenvalue weighted by atomic mass is 16.5. The average Bonchev–Trinajstić information content (AvgIpc) is 2.13. The first-order chi connectivity index (χ1) is 6.54. The zero-order valence-electron chi connectivity index (χ0n) is 9.49. The normalized spacial score (nSPS) is 15.5. The third kappa shape index (κ3) is 4.07. The van der Waals surface area contributed by atoms with Crippen molar-refractivity contribution in [2.45, 2.75) is 38.8 Å². The van der Waals surface area contributed by atoms with E-state index in [0.29, 0.717) is 0 Å². The quantitative estimate of drug-likeness (QED) is 0.675. The summed E-state index contributed by atoms with van der Waals surface area (Å²) in [6, 6.07) is -0.266. The van der Waals surface area contributed by atoms with Gasteiger partial charge in [0.15, 0.2) is 0 Å². The molecule has 0 amide bonds. The zero-order chi connectivity index (χ0) is 11.1. The molecule has 1 N–H and O–H groups in total. The summed E-state index contributed by atoms with van der Waals surface area (Å²) < 4.78 is 4.89. The van der Waals surface area contributed by atoms with E-state index in [9.17, 15) is 4.79 Å². The van der Waals surface area contributed by atoms with Crippen molar-refractivity contribution in [3.63, 3.8) is 0 Å². The average molecular weight is 203 g/mol. The van der Waals surface area contributed by atoms with Crippen molar-refractivity contribution >= 4 is 5.97 Å². The van der Waals surface area contributed by atoms with Gasteiger partial charge in [-0.1, -0.05) is 13.3 Å². The Bertz CT molecular complexity index is 173. The lowest BCUT2D eigenvalue weighted by Gasteiger charge is -2.29. The minimum absolute atomic E-state index is 0.236. The molecule has 0 aliphatic heterocycles. The van der Waals surface area contributed by atoms with E-state index in [-0.39, 0.29) is 12.6 Å². The minimum Gasteiger partial charge on any atom is -0.480 e. The Labute approximate surface area is 85.9 Å². The number of carboxylic acid groups (broad SMARTS) is 1. The molecule has 2 unspecified atom stereocenters. The first-order valence-electron chi connectivity index (χ1n) is 4.98. The maximum atomic E-state index is 10.9. The molecule has 0 rings (SSSR count). The SMILES string of the molecule is CCCC(C)N(C)C(COC)C(=O)O. The molecule has 0 heterocycles. The lowest BCUT2D eigenvalue weighted by molar-refractivity contribution is -0.145. The van der Waals surface area contributed by atoms with Crippen molar-refractivity contribution in [1.29, 1.82) is 0 Å². The second-order valence-corrected chi connectivity index (χ2v) is 3.61. The summed E-state index contributed by atoms with van der Waals surface area (Å²) in [5.74, 6) is -0.822. The summed E-state index contributed by atoms with van der Waals surface area (Å²) in [4.78, 5) is 12.8. The molecule has 0 fully saturated rings. The first kappa shape index (κ1) is 13.4. The molecule has 0 bridgehead atoms. The van der Waals surface area contributed by atoms with Crippen LogP contribution < -0.4 is 0 Å². The van der Waals surface area contributed by atoms with Gasteiger partial charge in [-0.15, -0.1) is 0 Å². The van der Waals surface area contributed by atoms with E-state index >= 15 is 0 Å². The summed E-state index contributed by atoms with van der Waals surface area (Å²) in [6.07, 6.45) is 2.06. The number of carboxylic acids is 1. The summed E-state index contributed by atoms with van der Waals surface area (Å²) in [5, 5.41) is 8.97. The van der Waals surface area contributed by atoms with E-state index in [1.807, 2.05) is 18.9 Å². The van der Waals surface area contributed by atoms with Crippen molar-refractivity contribution in [3.8, 4) is 0 Å². The van der Waals surface area contributed by atoms with Crippen LogP contribution in [0.15, 0.2) is 0 Å². The largest absolute Gasteiger partial charge is 0.480 e. The van der Waals surface area contributed by atoms with Crippen LogP contribution in [0, 0.1) is 0 Å². The van der Waals surface area contributed by atoms with Gasteiger partial charge in [0.2, 0.25) is 0 Å². The van der Waals surface area contributed by atoms with Gasteiger partial charge in [0.05, 0.1) is 6.61 Å². The Balaban J connectivity index is 4.26. The fourth-order valence-electron chi connectivity index (χ4n) is 1.45. The van der Waals surface area contributed by atoms with Gasteiger partial charge in [-0.25, -0.2) is 0 Å². The first-order valence-corrected chi connectivity index (χ1v) is 4.98. The number of likely N-dealkylation sites (N-methyl/N-ethyl adjacent to an activating group) is 1. The lowest BCUT2D eigenvalue weighted by Crippen LogP contribution is -2.46. The molecule has 0 aromatic heterocycles. The molecule has 14 heavy (non-hydrogen) atoms. The number of rotatable bonds is 7. The highest BCUT2D eigenvalue weighted by molar-refractivity contribution is 5.73. The smallest absolute Gasteiger partial charge is 0.323 e. The van der Waals surface area contributed by atoms with Crippen LogP contribution in [0.1, 0.15) is 26.7 Å². The molecule has 0 aromatic rings. The van der Waals surface area contributed by atoms with Gasteiger partial charge >= 0.3 is 5.97 Å². The molecule has 4 heteroatoms. The van der Waals surface area contributed by atoms with Crippen molar-refractivity contribution < 1.29 is 14.6 Å². The second kappa shape index (κ2) is 6.79. The van der Waals surface area contributed by atoms with Crippen LogP contribution >= 0.6 is 0 Å². The van der Waals surface area contributed by atoms with Crippen LogP contribution in [0.2, 0.25) is 0 Å². The van der Waals surface area contributed by atoms with Gasteiger partial charge in [0, 0.05) is 13.2 Å². The van der Waals surface area contributed by atoms with Gasteiger partial charge in [0.1, 0.15) is 6.04 Å². The van der Waals surface area contributed by atoms with Crippen LogP contribution in [0.5, 0.6) is 0 Å². The predicted molar refractivity (Wildman–Crippen MR) is 55.4 cm³/mol. The van der Waals surface area contributed by atoms with Crippen LogP contribution in [0.4, 0.5) is 0 Å². The molecule has 0 aliphatic rings. The molecule has 0 spiro atoms. The predicted octanol–water partition coefficient (Wildman–Crippen LogP) is 1.21. The molecule has 0 saturated heterocycles. The molecular formula is C10H21NO3. The van der Waals surface area contributed by atoms with E-state index in [0.717, 1.165) is 12.8 Å². The third-order valence-corrected chi connectivity index (χ3v) is 2.50. The summed E-state index contributed by atoms with van der Waals surface area (Å²) in [5.41, 5.74) is 0. The van der Waals surface area contributed by atoms with Gasteiger partial charge in [0.25, 0.3) is 0 Å². The van der Waals surface area contributed by atoms with Gasteiger partial charge in [-0.05, 0) is 20.4 Å². The third-order valence-electron chi connectivity index (χ3n) is 2.50. The maximum Gasteiger partial charge on any atom is 0.323 e. The number of hydrogen-bond acceptors (Lipinski definition) is 3. The van der Waals surface area contributed by atoms with Crippen LogP contribution in [0.3, 0.4) is 0 Å². The van der Waals surface area contributed by atoms with E-state index < -0.39 is 12.0 Å². The van der Waals surface area contributed by atoms with E-state index in [1.54, 1.807) is 0 Å². The van der Waals surface area contributed by atoms with Gasteiger partial charge < -0.3 is 9.84 Å². The van der Waals surface area contributed by atoms with E-state index in [2.05, 4.69) is 6.92 Å². The molecule has 0 aromatic carbocycles. The van der Waals surface area contributed by atoms with E-state index in [4.69, 9.17) is 9.84 Å². The number of carbonyl (C=O) groups is 1. The van der Waals surface area contributed by atoms with Gasteiger partial charge in [-0.2, -0.15) is 0 Å². The van der Waals surface area contributed by atoms with Gasteiger partial charge in [-0.3, -0.25) is 9.69 Å². The standard InChI is InChI=1S/C10H21NO3/c1-5-6-8(2)11(3)9(7-14-4)10(12)13/h8-9H,5-7H2,1-4H3,(H,12,13). The summed E-state index contributed by atoms with van der Waals surface area (Å²) >= 11 is 0. The second-order valence-electron chi connectivity index (χ2n) is 3.61. The molecule has 0 saturated carbocycles. The maximum absolute atomic E-state index is 10.9. The summed E-state index contributed by atoms with van der Waals surface area (Å²) in [7, 11) is 3.35. The molecule has 2 atom stereocenters. The topological polar surface area (TPSA) is 49.8 Å². The minimum atomic E-state index is -0.822. The molecule has 84 valence electrons. The molecule has 0 aliphatic carbocycles. The fraction of sp³-hybridized carbons (Fsp3) is 0.900. The monoisotopic (exact) mass is 203 g/mol. The van der Waals surface area contributed by atoms with Crippen LogP contribution in [-0.4, -0.2) is 48.8 Å². The lowest BCUT2D eigenvalue weighted by atomic mass is 10.1. The zero-order valence-corrected chi connectivity index (χ0v) is 9.49. The van der Waals surface area contributed by atoms with Crippen molar-refractivity contribution in [2.24, 2.45) is 0 Å². The van der Waals surface area contributed by atoms with Crippen LogP contribution in [-0.2, 0) is 9.53 Å². The van der Waals surface area contributed by atoms with Crippen molar-refractivity contribution in [2.75, 3.05) is 20.8 Å². The number of ether oxygens (including phenoxy) is 1. The number of hydrogen-bond donors (Lipinski definition) is 1. The fourth-order valence-corrected chi connectivity index (χ4v) is 1.45.